The van der Waals surface area contributed by atoms with E-state index in [1.807, 2.05) is 0 Å². The van der Waals surface area contributed by atoms with Crippen LogP contribution in [0.4, 0.5) is 0 Å². The van der Waals surface area contributed by atoms with Crippen molar-refractivity contribution in [3.63, 3.8) is 0 Å². The Morgan fingerprint density at radius 3 is 1.75 bits per heavy atom. The minimum Gasteiger partial charge on any atom is -0.430 e. The summed E-state index contributed by atoms with van der Waals surface area (Å²) >= 11 is 0. The van der Waals surface area contributed by atoms with Crippen LogP contribution in [0.5, 0.6) is 0 Å². The molecular formula is C9H18NO2+. The van der Waals surface area contributed by atoms with Gasteiger partial charge in [-0.15, -0.1) is 0 Å². The molecule has 0 fully saturated rings. The first kappa shape index (κ1) is 11.2. The Morgan fingerprint density at radius 2 is 1.75 bits per heavy atom. The fourth-order valence-electron chi connectivity index (χ4n) is 0.225. The van der Waals surface area contributed by atoms with Crippen LogP contribution in [0.2, 0.25) is 0 Å². The van der Waals surface area contributed by atoms with E-state index in [0.717, 1.165) is 4.48 Å². The van der Waals surface area contributed by atoms with Gasteiger partial charge in [-0.1, -0.05) is 0 Å². The van der Waals surface area contributed by atoms with Gasteiger partial charge in [0.2, 0.25) is 0 Å². The fraction of sp³-hybridized carbons (Fsp3) is 0.667. The van der Waals surface area contributed by atoms with Crippen LogP contribution in [0.3, 0.4) is 0 Å². The van der Waals surface area contributed by atoms with Crippen LogP contribution in [0, 0.1) is 0 Å². The van der Waals surface area contributed by atoms with Crippen LogP contribution in [0.1, 0.15) is 13.8 Å². The lowest BCUT2D eigenvalue weighted by Crippen LogP contribution is -2.33. The van der Waals surface area contributed by atoms with E-state index >= 15 is 0 Å². The predicted molar refractivity (Wildman–Crippen MR) is 48.4 cm³/mol. The number of hydrogen-bond donors (Lipinski definition) is 0. The van der Waals surface area contributed by atoms with Crippen molar-refractivity contribution < 1.29 is 14.0 Å². The van der Waals surface area contributed by atoms with Gasteiger partial charge in [-0.3, -0.25) is 0 Å². The van der Waals surface area contributed by atoms with Gasteiger partial charge in [0.25, 0.3) is 0 Å². The molecule has 3 nitrogen and oxygen atoms in total. The number of cyclic esters (lactones) is 1. The van der Waals surface area contributed by atoms with E-state index in [0.29, 0.717) is 5.57 Å². The predicted octanol–water partition coefficient (Wildman–Crippen LogP) is 1.16. The molecule has 0 aromatic heterocycles. The van der Waals surface area contributed by atoms with Gasteiger partial charge in [-0.05, 0) is 13.8 Å². The van der Waals surface area contributed by atoms with Gasteiger partial charge in [0.15, 0.2) is 0 Å². The number of hydrogen-bond acceptors (Lipinski definition) is 2. The topological polar surface area (TPSA) is 26.3 Å². The van der Waals surface area contributed by atoms with E-state index in [2.05, 4.69) is 32.8 Å². The highest BCUT2D eigenvalue weighted by Crippen LogP contribution is 2.06. The molecule has 1 heterocycles. The summed E-state index contributed by atoms with van der Waals surface area (Å²) < 4.78 is 5.31. The van der Waals surface area contributed by atoms with Crippen LogP contribution < -0.4 is 0 Å². The number of carbonyl (C=O) groups excluding carboxylic acids is 1. The molecule has 1 aliphatic heterocycles. The molecule has 70 valence electrons. The zero-order valence-electron chi connectivity index (χ0n) is 8.55. The third-order valence-electron chi connectivity index (χ3n) is 1.61. The molecule has 0 amide bonds. The average molecular weight is 172 g/mol. The van der Waals surface area contributed by atoms with E-state index in [1.54, 1.807) is 6.92 Å². The fourth-order valence-corrected chi connectivity index (χ4v) is 0.225. The summed E-state index contributed by atoms with van der Waals surface area (Å²) in [7, 11) is 6.54. The molecule has 0 atom stereocenters. The standard InChI is InChI=1S/C5H14N.C4H4O2/c1-5-6(2,3)4;1-3-2-6-4(3)5/h5H2,1-4H3;2H,1H3/q+1;. The molecule has 0 saturated heterocycles. The molecule has 0 N–H and O–H groups in total. The van der Waals surface area contributed by atoms with E-state index in [9.17, 15) is 4.79 Å². The first-order chi connectivity index (χ1) is 5.37. The summed E-state index contributed by atoms with van der Waals surface area (Å²) in [5, 5.41) is 0. The molecule has 3 heteroatoms. The third kappa shape index (κ3) is 4.91. The Bertz CT molecular complexity index is 189. The van der Waals surface area contributed by atoms with Crippen molar-refractivity contribution >= 4 is 5.97 Å². The summed E-state index contributed by atoms with van der Waals surface area (Å²) in [5.74, 6) is -0.199. The highest BCUT2D eigenvalue weighted by atomic mass is 16.5. The molecule has 0 bridgehead atoms. The van der Waals surface area contributed by atoms with Crippen molar-refractivity contribution in [3.8, 4) is 0 Å². The Hall–Kier alpha value is -0.830. The van der Waals surface area contributed by atoms with E-state index in [-0.39, 0.29) is 5.97 Å². The second-order valence-electron chi connectivity index (χ2n) is 3.81. The lowest BCUT2D eigenvalue weighted by molar-refractivity contribution is -0.868. The molecule has 1 aliphatic rings. The second-order valence-corrected chi connectivity index (χ2v) is 3.81. The summed E-state index contributed by atoms with van der Waals surface area (Å²) in [4.78, 5) is 9.94. The number of esters is 1. The molecule has 0 aromatic rings. The van der Waals surface area contributed by atoms with Gasteiger partial charge < -0.3 is 9.22 Å². The molecular weight excluding hydrogens is 154 g/mol. The van der Waals surface area contributed by atoms with Crippen LogP contribution >= 0.6 is 0 Å². The molecule has 0 aromatic carbocycles. The van der Waals surface area contributed by atoms with Crippen molar-refractivity contribution in [2.24, 2.45) is 0 Å². The van der Waals surface area contributed by atoms with E-state index < -0.39 is 0 Å². The normalized spacial score (nSPS) is 15.1. The monoisotopic (exact) mass is 172 g/mol. The summed E-state index contributed by atoms with van der Waals surface area (Å²) in [5.41, 5.74) is 0.704. The molecule has 0 saturated carbocycles. The van der Waals surface area contributed by atoms with Crippen molar-refractivity contribution in [1.29, 1.82) is 0 Å². The zero-order valence-corrected chi connectivity index (χ0v) is 8.55. The smallest absolute Gasteiger partial charge is 0.341 e. The molecule has 0 spiro atoms. The zero-order chi connectivity index (χ0) is 9.78. The maximum atomic E-state index is 9.94. The van der Waals surface area contributed by atoms with Crippen molar-refractivity contribution in [1.82, 2.24) is 0 Å². The number of carbonyl (C=O) groups is 1. The molecule has 0 radical (unpaired) electrons. The minimum atomic E-state index is -0.199. The Labute approximate surface area is 74.2 Å². The second kappa shape index (κ2) is 4.26. The van der Waals surface area contributed by atoms with Gasteiger partial charge in [-0.2, -0.15) is 0 Å². The highest BCUT2D eigenvalue weighted by molar-refractivity contribution is 5.92. The maximum absolute atomic E-state index is 9.94. The number of rotatable bonds is 1. The van der Waals surface area contributed by atoms with Gasteiger partial charge in [0, 0.05) is 0 Å². The van der Waals surface area contributed by atoms with Crippen molar-refractivity contribution in [2.45, 2.75) is 13.8 Å². The molecule has 0 unspecified atom stereocenters. The van der Waals surface area contributed by atoms with Gasteiger partial charge >= 0.3 is 5.97 Å². The molecule has 12 heavy (non-hydrogen) atoms. The summed E-state index contributed by atoms with van der Waals surface area (Å²) in [6, 6.07) is 0. The first-order valence-electron chi connectivity index (χ1n) is 4.05. The SMILES string of the molecule is CC1=COC1=O.CC[N+](C)(C)C. The van der Waals surface area contributed by atoms with Crippen molar-refractivity contribution in [2.75, 3.05) is 27.7 Å². The minimum absolute atomic E-state index is 0.199. The maximum Gasteiger partial charge on any atom is 0.341 e. The Balaban J connectivity index is 0.000000202. The first-order valence-corrected chi connectivity index (χ1v) is 4.05. The number of quaternary nitrogens is 1. The van der Waals surface area contributed by atoms with Gasteiger partial charge in [0.05, 0.1) is 33.3 Å². The Morgan fingerprint density at radius 1 is 1.42 bits per heavy atom. The molecule has 0 aliphatic carbocycles. The van der Waals surface area contributed by atoms with Crippen molar-refractivity contribution in [3.05, 3.63) is 11.8 Å². The van der Waals surface area contributed by atoms with Crippen LogP contribution in [0.15, 0.2) is 11.8 Å². The lowest BCUT2D eigenvalue weighted by Gasteiger charge is -2.20. The number of nitrogens with zero attached hydrogens (tertiary/aromatic N) is 1. The van der Waals surface area contributed by atoms with E-state index in [1.165, 1.54) is 12.8 Å². The highest BCUT2D eigenvalue weighted by Gasteiger charge is 2.12. The van der Waals surface area contributed by atoms with E-state index in [4.69, 9.17) is 0 Å². The average Bonchev–Trinajstić information content (AvgIpc) is 2.01. The third-order valence-corrected chi connectivity index (χ3v) is 1.61. The molecule has 1 rings (SSSR count). The van der Waals surface area contributed by atoms with Gasteiger partial charge in [0.1, 0.15) is 6.26 Å². The number of ether oxygens (including phenoxy) is 1. The quantitative estimate of drug-likeness (QED) is 0.438. The van der Waals surface area contributed by atoms with Crippen LogP contribution in [-0.4, -0.2) is 38.1 Å². The van der Waals surface area contributed by atoms with Crippen LogP contribution in [0.25, 0.3) is 0 Å². The lowest BCUT2D eigenvalue weighted by atomic mass is 10.3. The largest absolute Gasteiger partial charge is 0.430 e. The van der Waals surface area contributed by atoms with Gasteiger partial charge in [-0.25, -0.2) is 4.79 Å². The Kier molecular flexibility index (Phi) is 3.96. The summed E-state index contributed by atoms with van der Waals surface area (Å²) in [6.07, 6.45) is 1.43. The summed E-state index contributed by atoms with van der Waals surface area (Å²) in [6.45, 7) is 5.10. The van der Waals surface area contributed by atoms with Crippen LogP contribution in [-0.2, 0) is 9.53 Å².